The number of thiophene rings is 2. The quantitative estimate of drug-likeness (QED) is 0.0936. The molecule has 0 saturated carbocycles. The number of benzene rings is 2. The third-order valence-corrected chi connectivity index (χ3v) is 15.0. The number of likely N-dealkylation sites (tertiary alicyclic amines) is 4. The van der Waals surface area contributed by atoms with Gasteiger partial charge in [-0.2, -0.15) is 0 Å². The van der Waals surface area contributed by atoms with Crippen LogP contribution < -0.4 is 9.47 Å². The summed E-state index contributed by atoms with van der Waals surface area (Å²) >= 11 is 2.74. The van der Waals surface area contributed by atoms with Crippen LogP contribution in [0.5, 0.6) is 11.5 Å². The molecular formula is C48H54N4O10S2. The molecule has 0 bridgehead atoms. The van der Waals surface area contributed by atoms with E-state index in [1.165, 1.54) is 22.7 Å². The summed E-state index contributed by atoms with van der Waals surface area (Å²) in [5.41, 5.74) is 1.25. The number of methoxy groups -OCH3 is 2. The van der Waals surface area contributed by atoms with Crippen LogP contribution >= 0.6 is 22.7 Å². The van der Waals surface area contributed by atoms with Gasteiger partial charge in [0.25, 0.3) is 11.8 Å². The number of Topliss-reactive ketones (excluding diaryl/α,β-unsaturated/α-hetero) is 2. The fraction of sp³-hybridized carbons (Fsp3) is 0.458. The topological polar surface area (TPSA) is 152 Å². The molecule has 0 spiro atoms. The summed E-state index contributed by atoms with van der Waals surface area (Å²) in [5, 5.41) is 3.72. The molecule has 4 atom stereocenters. The second kappa shape index (κ2) is 20.6. The van der Waals surface area contributed by atoms with Crippen molar-refractivity contribution in [3.05, 3.63) is 104 Å². The van der Waals surface area contributed by atoms with Crippen LogP contribution in [-0.2, 0) is 19.1 Å². The highest BCUT2D eigenvalue weighted by Gasteiger charge is 2.44. The Hall–Kier alpha value is -5.42. The molecule has 64 heavy (non-hydrogen) atoms. The summed E-state index contributed by atoms with van der Waals surface area (Å²) in [6, 6.07) is 20.7. The summed E-state index contributed by atoms with van der Waals surface area (Å²) in [7, 11) is 3.17. The molecule has 4 aliphatic rings. The molecule has 2 aromatic carbocycles. The minimum absolute atomic E-state index is 0.0672. The molecule has 4 aromatic rings. The van der Waals surface area contributed by atoms with Gasteiger partial charge < -0.3 is 28.7 Å². The predicted molar refractivity (Wildman–Crippen MR) is 240 cm³/mol. The first kappa shape index (κ1) is 45.2. The smallest absolute Gasteiger partial charge is 0.417 e. The number of ketones is 2. The number of ether oxygens (including phenoxy) is 4. The fourth-order valence-electron chi connectivity index (χ4n) is 9.62. The minimum Gasteiger partial charge on any atom is -0.497 e. The van der Waals surface area contributed by atoms with Gasteiger partial charge in [0.1, 0.15) is 23.7 Å². The van der Waals surface area contributed by atoms with Crippen LogP contribution in [0.15, 0.2) is 83.6 Å². The van der Waals surface area contributed by atoms with Gasteiger partial charge in [0.15, 0.2) is 11.6 Å². The Morgan fingerprint density at radius 1 is 0.500 bits per heavy atom. The van der Waals surface area contributed by atoms with Crippen molar-refractivity contribution in [3.63, 3.8) is 0 Å². The molecule has 14 nitrogen and oxygen atoms in total. The number of amides is 2. The van der Waals surface area contributed by atoms with Crippen LogP contribution in [0.2, 0.25) is 0 Å². The van der Waals surface area contributed by atoms with Crippen molar-refractivity contribution in [2.45, 2.75) is 62.8 Å². The zero-order valence-electron chi connectivity index (χ0n) is 36.1. The minimum atomic E-state index is -1.10. The molecule has 4 fully saturated rings. The number of carbonyl (C=O) groups is 6. The summed E-state index contributed by atoms with van der Waals surface area (Å²) < 4.78 is 22.6. The van der Waals surface area contributed by atoms with Crippen LogP contribution in [0.4, 0.5) is 0 Å². The highest BCUT2D eigenvalue weighted by molar-refractivity contribution is 7.12. The van der Waals surface area contributed by atoms with E-state index in [1.54, 1.807) is 84.7 Å². The van der Waals surface area contributed by atoms with Crippen LogP contribution in [0.3, 0.4) is 0 Å². The zero-order valence-corrected chi connectivity index (χ0v) is 37.8. The summed E-state index contributed by atoms with van der Waals surface area (Å²) in [5.74, 6) is -1.28. The van der Waals surface area contributed by atoms with E-state index in [-0.39, 0.29) is 48.3 Å². The second-order valence-corrected chi connectivity index (χ2v) is 18.8. The highest BCUT2D eigenvalue weighted by Crippen LogP contribution is 2.32. The van der Waals surface area contributed by atoms with Gasteiger partial charge in [-0.15, -0.1) is 22.7 Å². The largest absolute Gasteiger partial charge is 0.497 e. The highest BCUT2D eigenvalue weighted by atomic mass is 32.1. The van der Waals surface area contributed by atoms with Gasteiger partial charge in [0, 0.05) is 62.0 Å². The number of piperidine rings is 4. The van der Waals surface area contributed by atoms with Crippen LogP contribution in [0.25, 0.3) is 0 Å². The van der Waals surface area contributed by atoms with Gasteiger partial charge in [-0.1, -0.05) is 12.1 Å². The van der Waals surface area contributed by atoms with Gasteiger partial charge >= 0.3 is 11.9 Å². The molecule has 338 valence electrons. The lowest BCUT2D eigenvalue weighted by molar-refractivity contribution is -0.181. The molecule has 4 saturated heterocycles. The second-order valence-electron chi connectivity index (χ2n) is 16.9. The predicted octanol–water partition coefficient (Wildman–Crippen LogP) is 5.97. The van der Waals surface area contributed by atoms with E-state index in [0.29, 0.717) is 110 Å². The third-order valence-electron chi connectivity index (χ3n) is 13.2. The fourth-order valence-corrected chi connectivity index (χ4v) is 11.0. The van der Waals surface area contributed by atoms with Crippen molar-refractivity contribution in [3.8, 4) is 11.5 Å². The molecular weight excluding hydrogens is 857 g/mol. The summed E-state index contributed by atoms with van der Waals surface area (Å²) in [6.45, 7) is 3.43. The lowest BCUT2D eigenvalue weighted by Gasteiger charge is -2.46. The first-order chi connectivity index (χ1) is 31.1. The normalized spacial score (nSPS) is 22.7. The Balaban J connectivity index is 0.930. The van der Waals surface area contributed by atoms with Gasteiger partial charge in [0.05, 0.1) is 36.1 Å². The van der Waals surface area contributed by atoms with E-state index in [2.05, 4.69) is 9.80 Å². The Bertz CT molecular complexity index is 2090. The van der Waals surface area contributed by atoms with E-state index in [9.17, 15) is 28.8 Å². The Morgan fingerprint density at radius 3 is 1.20 bits per heavy atom. The number of hydrogen-bond acceptors (Lipinski definition) is 14. The number of hydrogen-bond donors (Lipinski definition) is 0. The molecule has 0 N–H and O–H groups in total. The van der Waals surface area contributed by atoms with Crippen LogP contribution in [0.1, 0.15) is 78.6 Å². The van der Waals surface area contributed by atoms with Crippen molar-refractivity contribution in [2.75, 3.05) is 66.6 Å². The number of carbonyl (C=O) groups excluding carboxylic acids is 6. The Kier molecular flexibility index (Phi) is 14.5. The van der Waals surface area contributed by atoms with Crippen molar-refractivity contribution < 1.29 is 47.7 Å². The lowest BCUT2D eigenvalue weighted by atomic mass is 9.87. The summed E-state index contributed by atoms with van der Waals surface area (Å²) in [4.78, 5) is 90.8. The van der Waals surface area contributed by atoms with Gasteiger partial charge in [-0.25, -0.2) is 9.59 Å². The van der Waals surface area contributed by atoms with Gasteiger partial charge in [-0.05, 0) is 123 Å². The maximum absolute atomic E-state index is 13.8. The van der Waals surface area contributed by atoms with Gasteiger partial charge in [0.2, 0.25) is 0 Å². The van der Waals surface area contributed by atoms with E-state index in [1.807, 2.05) is 22.9 Å². The standard InChI is InChI=1S/C48H54N4O10S2/c1-59-35-11-7-31(8-12-35)43(53)33-15-21-49(22-16-33)37-29-51(45(55)41-5-3-27-63-41)25-19-39(37)61-47(57)48(58)62-40-20-26-52(46(56)42-6-4-28-64-42)30-38(40)50-23-17-34(18-24-50)44(54)32-9-13-36(60-2)14-10-32/h3-14,27-28,33-34,37-40H,15-26,29-30H2,1-2H3. The van der Waals surface area contributed by atoms with E-state index in [0.717, 1.165) is 0 Å². The van der Waals surface area contributed by atoms with E-state index >= 15 is 0 Å². The molecule has 0 aliphatic carbocycles. The third kappa shape index (κ3) is 10.3. The number of rotatable bonds is 12. The van der Waals surface area contributed by atoms with E-state index in [4.69, 9.17) is 18.9 Å². The van der Waals surface area contributed by atoms with Crippen LogP contribution in [-0.4, -0.2) is 146 Å². The molecule has 6 heterocycles. The first-order valence-corrected chi connectivity index (χ1v) is 23.8. The molecule has 0 radical (unpaired) electrons. The molecule has 2 amide bonds. The first-order valence-electron chi connectivity index (χ1n) is 22.0. The van der Waals surface area contributed by atoms with Crippen LogP contribution in [0, 0.1) is 11.8 Å². The average molecular weight is 911 g/mol. The van der Waals surface area contributed by atoms with E-state index < -0.39 is 36.2 Å². The monoisotopic (exact) mass is 910 g/mol. The Labute approximate surface area is 381 Å². The average Bonchev–Trinajstić information content (AvgIpc) is 4.10. The maximum atomic E-state index is 13.8. The molecule has 2 aromatic heterocycles. The molecule has 4 unspecified atom stereocenters. The Morgan fingerprint density at radius 2 is 0.875 bits per heavy atom. The molecule has 16 heteroatoms. The lowest BCUT2D eigenvalue weighted by Crippen LogP contribution is -2.60. The summed E-state index contributed by atoms with van der Waals surface area (Å²) in [6.07, 6.45) is 1.59. The SMILES string of the molecule is COc1ccc(C(=O)C2CCN(C3CN(C(=O)c4cccs4)CCC3OC(=O)C(=O)OC3CCN(C(=O)c4cccs4)CC3N3CCC(C(=O)c4ccc(OC)cc4)CC3)CC2)cc1. The van der Waals surface area contributed by atoms with Crippen molar-refractivity contribution in [2.24, 2.45) is 11.8 Å². The maximum Gasteiger partial charge on any atom is 0.417 e. The molecule has 8 rings (SSSR count). The zero-order chi connectivity index (χ0) is 44.7. The van der Waals surface area contributed by atoms with Gasteiger partial charge in [-0.3, -0.25) is 29.0 Å². The molecule has 4 aliphatic heterocycles. The van der Waals surface area contributed by atoms with Crippen molar-refractivity contribution in [1.29, 1.82) is 0 Å². The van der Waals surface area contributed by atoms with Crippen molar-refractivity contribution in [1.82, 2.24) is 19.6 Å². The number of nitrogens with zero attached hydrogens (tertiary/aromatic N) is 4. The number of esters is 2. The van der Waals surface area contributed by atoms with Crippen molar-refractivity contribution >= 4 is 58.0 Å².